The predicted octanol–water partition coefficient (Wildman–Crippen LogP) is 6.37. The van der Waals surface area contributed by atoms with Crippen molar-refractivity contribution >= 4 is 27.4 Å². The first-order valence-electron chi connectivity index (χ1n) is 11.4. The molecule has 168 valence electrons. The second kappa shape index (κ2) is 9.77. The van der Waals surface area contributed by atoms with Crippen molar-refractivity contribution in [3.05, 3.63) is 101 Å². The van der Waals surface area contributed by atoms with Crippen LogP contribution in [0.25, 0.3) is 10.1 Å². The Morgan fingerprint density at radius 1 is 1.00 bits per heavy atom. The Balaban J connectivity index is 1.56. The fourth-order valence-corrected chi connectivity index (χ4v) is 5.77. The van der Waals surface area contributed by atoms with Gasteiger partial charge in [-0.25, -0.2) is 0 Å². The minimum Gasteiger partial charge on any atom is -0.489 e. The molecule has 0 aliphatic carbocycles. The second-order valence-corrected chi connectivity index (χ2v) is 9.49. The lowest BCUT2D eigenvalue weighted by Crippen LogP contribution is -2.41. The highest BCUT2D eigenvalue weighted by Crippen LogP contribution is 2.42. The molecule has 0 bridgehead atoms. The van der Waals surface area contributed by atoms with Crippen LogP contribution < -0.4 is 4.74 Å². The summed E-state index contributed by atoms with van der Waals surface area (Å²) in [5.74, 6) is -0.204. The van der Waals surface area contributed by atoms with E-state index in [1.807, 2.05) is 36.4 Å². The monoisotopic (exact) mass is 457 g/mol. The van der Waals surface area contributed by atoms with Crippen LogP contribution in [0.5, 0.6) is 5.75 Å². The SMILES string of the molecule is O=C(O)C1CCCN(C(c2ccccc2OCc2ccccc2)c2csc3ccccc23)C1. The number of thiophene rings is 1. The summed E-state index contributed by atoms with van der Waals surface area (Å²) in [4.78, 5) is 14.2. The Bertz CT molecular complexity index is 1240. The molecule has 0 radical (unpaired) electrons. The third kappa shape index (κ3) is 4.65. The van der Waals surface area contributed by atoms with E-state index >= 15 is 0 Å². The lowest BCUT2D eigenvalue weighted by Gasteiger charge is -2.38. The Morgan fingerprint density at radius 2 is 1.76 bits per heavy atom. The molecule has 5 rings (SSSR count). The van der Waals surface area contributed by atoms with Crippen LogP contribution in [0.3, 0.4) is 0 Å². The van der Waals surface area contributed by atoms with Gasteiger partial charge in [0.25, 0.3) is 0 Å². The van der Waals surface area contributed by atoms with Gasteiger partial charge in [0.1, 0.15) is 12.4 Å². The quantitative estimate of drug-likeness (QED) is 0.350. The van der Waals surface area contributed by atoms with Crippen molar-refractivity contribution in [2.45, 2.75) is 25.5 Å². The standard InChI is InChI=1S/C28H27NO3S/c30-28(31)21-11-8-16-29(17-21)27(24-19-33-26-15-7-5-12-22(24)26)23-13-4-6-14-25(23)32-18-20-9-2-1-3-10-20/h1-7,9-10,12-15,19,21,27H,8,11,16-18H2,(H,30,31). The van der Waals surface area contributed by atoms with Crippen LogP contribution in [0.1, 0.15) is 35.6 Å². The summed E-state index contributed by atoms with van der Waals surface area (Å²) in [5.41, 5.74) is 3.43. The molecule has 2 heterocycles. The van der Waals surface area contributed by atoms with Gasteiger partial charge in [0.2, 0.25) is 0 Å². The predicted molar refractivity (Wildman–Crippen MR) is 133 cm³/mol. The van der Waals surface area contributed by atoms with E-state index in [0.29, 0.717) is 13.2 Å². The van der Waals surface area contributed by atoms with Gasteiger partial charge < -0.3 is 9.84 Å². The molecule has 5 heteroatoms. The first-order valence-corrected chi connectivity index (χ1v) is 12.3. The Hall–Kier alpha value is -3.15. The minimum atomic E-state index is -0.706. The van der Waals surface area contributed by atoms with Crippen molar-refractivity contribution < 1.29 is 14.6 Å². The van der Waals surface area contributed by atoms with Crippen molar-refractivity contribution in [3.63, 3.8) is 0 Å². The summed E-state index contributed by atoms with van der Waals surface area (Å²) in [6.45, 7) is 1.90. The number of fused-ring (bicyclic) bond motifs is 1. The van der Waals surface area contributed by atoms with Crippen molar-refractivity contribution in [3.8, 4) is 5.75 Å². The smallest absolute Gasteiger partial charge is 0.307 e. The lowest BCUT2D eigenvalue weighted by molar-refractivity contribution is -0.143. The van der Waals surface area contributed by atoms with Crippen LogP contribution in [0, 0.1) is 5.92 Å². The molecule has 0 saturated carbocycles. The van der Waals surface area contributed by atoms with E-state index < -0.39 is 5.97 Å². The van der Waals surface area contributed by atoms with Crippen molar-refractivity contribution in [1.29, 1.82) is 0 Å². The van der Waals surface area contributed by atoms with Crippen molar-refractivity contribution in [2.75, 3.05) is 13.1 Å². The molecule has 4 aromatic rings. The van der Waals surface area contributed by atoms with Crippen molar-refractivity contribution in [1.82, 2.24) is 4.90 Å². The van der Waals surface area contributed by atoms with Crippen LogP contribution in [0.2, 0.25) is 0 Å². The molecule has 33 heavy (non-hydrogen) atoms. The van der Waals surface area contributed by atoms with Crippen molar-refractivity contribution in [2.24, 2.45) is 5.92 Å². The number of likely N-dealkylation sites (tertiary alicyclic amines) is 1. The number of nitrogens with zero attached hydrogens (tertiary/aromatic N) is 1. The average molecular weight is 458 g/mol. The van der Waals surface area contributed by atoms with Crippen LogP contribution >= 0.6 is 11.3 Å². The highest BCUT2D eigenvalue weighted by Gasteiger charge is 2.33. The molecule has 3 aromatic carbocycles. The Morgan fingerprint density at radius 3 is 2.61 bits per heavy atom. The number of hydrogen-bond donors (Lipinski definition) is 1. The first-order chi connectivity index (χ1) is 16.2. The van der Waals surface area contributed by atoms with E-state index in [1.165, 1.54) is 15.6 Å². The van der Waals surface area contributed by atoms with Gasteiger partial charge in [0.15, 0.2) is 0 Å². The van der Waals surface area contributed by atoms with E-state index in [1.54, 1.807) is 11.3 Å². The van der Waals surface area contributed by atoms with Gasteiger partial charge in [-0.2, -0.15) is 0 Å². The third-order valence-corrected chi connectivity index (χ3v) is 7.41. The molecule has 0 amide bonds. The number of hydrogen-bond acceptors (Lipinski definition) is 4. The molecule has 1 fully saturated rings. The van der Waals surface area contributed by atoms with Crippen LogP contribution in [-0.2, 0) is 11.4 Å². The van der Waals surface area contributed by atoms with Crippen LogP contribution in [0.15, 0.2) is 84.2 Å². The summed E-state index contributed by atoms with van der Waals surface area (Å²) >= 11 is 1.74. The summed E-state index contributed by atoms with van der Waals surface area (Å²) in [6.07, 6.45) is 1.61. The highest BCUT2D eigenvalue weighted by atomic mass is 32.1. The van der Waals surface area contributed by atoms with E-state index in [0.717, 1.165) is 36.3 Å². The van der Waals surface area contributed by atoms with Gasteiger partial charge in [-0.1, -0.05) is 66.7 Å². The number of carbonyl (C=O) groups is 1. The number of benzene rings is 3. The average Bonchev–Trinajstić information content (AvgIpc) is 3.28. The van der Waals surface area contributed by atoms with Gasteiger partial charge in [0, 0.05) is 16.8 Å². The van der Waals surface area contributed by atoms with E-state index in [4.69, 9.17) is 4.74 Å². The van der Waals surface area contributed by atoms with Gasteiger partial charge in [0.05, 0.1) is 12.0 Å². The topological polar surface area (TPSA) is 49.8 Å². The largest absolute Gasteiger partial charge is 0.489 e. The summed E-state index contributed by atoms with van der Waals surface area (Å²) < 4.78 is 7.58. The molecular weight excluding hydrogens is 430 g/mol. The second-order valence-electron chi connectivity index (χ2n) is 8.57. The fraction of sp³-hybridized carbons (Fsp3) is 0.250. The molecule has 2 atom stereocenters. The summed E-state index contributed by atoms with van der Waals surface area (Å²) in [5, 5.41) is 13.2. The number of rotatable bonds is 7. The first kappa shape index (κ1) is 21.7. The van der Waals surface area contributed by atoms with Gasteiger partial charge in [-0.15, -0.1) is 11.3 Å². The lowest BCUT2D eigenvalue weighted by atomic mass is 9.91. The minimum absolute atomic E-state index is 0.0599. The zero-order valence-electron chi connectivity index (χ0n) is 18.4. The van der Waals surface area contributed by atoms with Crippen LogP contribution in [-0.4, -0.2) is 29.1 Å². The summed E-state index contributed by atoms with van der Waals surface area (Å²) in [6, 6.07) is 26.8. The van der Waals surface area contributed by atoms with Crippen LogP contribution in [0.4, 0.5) is 0 Å². The van der Waals surface area contributed by atoms with Gasteiger partial charge in [-0.3, -0.25) is 9.69 Å². The van der Waals surface area contributed by atoms with E-state index in [9.17, 15) is 9.90 Å². The molecule has 1 aliphatic heterocycles. The number of piperidine rings is 1. The number of para-hydroxylation sites is 1. The Labute approximate surface area is 198 Å². The fourth-order valence-electron chi connectivity index (χ4n) is 4.79. The highest BCUT2D eigenvalue weighted by molar-refractivity contribution is 7.17. The number of carboxylic acids is 1. The maximum absolute atomic E-state index is 11.8. The Kier molecular flexibility index (Phi) is 6.42. The molecule has 1 N–H and O–H groups in total. The van der Waals surface area contributed by atoms with Gasteiger partial charge >= 0.3 is 5.97 Å². The summed E-state index contributed by atoms with van der Waals surface area (Å²) in [7, 11) is 0. The molecule has 0 spiro atoms. The van der Waals surface area contributed by atoms with Gasteiger partial charge in [-0.05, 0) is 53.4 Å². The normalized spacial score (nSPS) is 17.6. The molecular formula is C28H27NO3S. The molecule has 1 aromatic heterocycles. The molecule has 4 nitrogen and oxygen atoms in total. The zero-order valence-corrected chi connectivity index (χ0v) is 19.2. The zero-order chi connectivity index (χ0) is 22.6. The third-order valence-electron chi connectivity index (χ3n) is 6.42. The number of aliphatic carboxylic acids is 1. The van der Waals surface area contributed by atoms with E-state index in [-0.39, 0.29) is 12.0 Å². The van der Waals surface area contributed by atoms with E-state index in [2.05, 4.69) is 52.7 Å². The maximum atomic E-state index is 11.8. The molecule has 1 saturated heterocycles. The molecule has 1 aliphatic rings. The number of ether oxygens (including phenoxy) is 1. The number of carboxylic acid groups (broad SMARTS) is 1. The molecule has 2 unspecified atom stereocenters. The maximum Gasteiger partial charge on any atom is 0.307 e.